The molecule has 0 aromatic rings. The number of nitrogens with one attached hydrogen (secondary N) is 1. The minimum atomic E-state index is -1.17. The Hall–Kier alpha value is -1.69. The van der Waals surface area contributed by atoms with Gasteiger partial charge in [0, 0.05) is 6.42 Å². The zero-order chi connectivity index (χ0) is 47.9. The van der Waals surface area contributed by atoms with Crippen LogP contribution >= 0.6 is 0 Å². The Labute approximate surface area is 412 Å². The summed E-state index contributed by atoms with van der Waals surface area (Å²) in [7, 11) is 0. The van der Waals surface area contributed by atoms with Gasteiger partial charge < -0.3 is 20.6 Å². The Morgan fingerprint density at radius 1 is 0.379 bits per heavy atom. The largest absolute Gasteiger partial charge is 0.394 e. The predicted octanol–water partition coefficient (Wildman–Crippen LogP) is 18.4. The molecule has 3 unspecified atom stereocenters. The van der Waals surface area contributed by atoms with Crippen LogP contribution in [0.5, 0.6) is 0 Å². The summed E-state index contributed by atoms with van der Waals surface area (Å²) in [6.45, 7) is 4.16. The molecule has 0 aliphatic rings. The van der Waals surface area contributed by atoms with Gasteiger partial charge in [0.25, 0.3) is 0 Å². The number of amides is 1. The van der Waals surface area contributed by atoms with Crippen LogP contribution in [0.4, 0.5) is 0 Å². The molecule has 4 N–H and O–H groups in total. The number of carbonyl (C=O) groups excluding carboxylic acids is 1. The van der Waals surface area contributed by atoms with Crippen LogP contribution in [-0.4, -0.2) is 46.1 Å². The van der Waals surface area contributed by atoms with Crippen LogP contribution in [-0.2, 0) is 4.79 Å². The molecule has 0 spiro atoms. The number of aliphatic hydroxyl groups excluding tert-OH is 3. The summed E-state index contributed by atoms with van der Waals surface area (Å²) in [5.41, 5.74) is 0. The molecule has 388 valence electrons. The van der Waals surface area contributed by atoms with Crippen LogP contribution in [0.25, 0.3) is 0 Å². The number of hydrogen-bond donors (Lipinski definition) is 4. The first-order valence-electron chi connectivity index (χ1n) is 29.4. The molecule has 0 radical (unpaired) electrons. The second kappa shape index (κ2) is 55.9. The first-order valence-corrected chi connectivity index (χ1v) is 29.4. The van der Waals surface area contributed by atoms with Crippen molar-refractivity contribution in [1.29, 1.82) is 0 Å². The molecule has 66 heavy (non-hydrogen) atoms. The van der Waals surface area contributed by atoms with Gasteiger partial charge in [-0.3, -0.25) is 4.79 Å². The maximum Gasteiger partial charge on any atom is 0.220 e. The van der Waals surface area contributed by atoms with Crippen LogP contribution in [0, 0.1) is 0 Å². The highest BCUT2D eigenvalue weighted by atomic mass is 16.3. The summed E-state index contributed by atoms with van der Waals surface area (Å²) in [6, 6.07) is -0.832. The Morgan fingerprint density at radius 3 is 1.03 bits per heavy atom. The van der Waals surface area contributed by atoms with E-state index in [0.717, 1.165) is 51.4 Å². The van der Waals surface area contributed by atoms with E-state index in [4.69, 9.17) is 0 Å². The van der Waals surface area contributed by atoms with Gasteiger partial charge in [-0.2, -0.15) is 0 Å². The Kier molecular flexibility index (Phi) is 54.5. The van der Waals surface area contributed by atoms with E-state index in [-0.39, 0.29) is 12.5 Å². The molecule has 3 atom stereocenters. The number of aliphatic hydroxyl groups is 3. The SMILES string of the molecule is CCCCCC/C=C/CC/C=C/CCCC(O)C(O)C(CO)NC(=O)CCCCCCCCCCCCCCCCCCC/C=C\C/C=C\CCCCCCCCCCCCCCCCC. The molecule has 0 saturated carbocycles. The molecule has 1 amide bonds. The van der Waals surface area contributed by atoms with Crippen molar-refractivity contribution in [3.8, 4) is 0 Å². The van der Waals surface area contributed by atoms with E-state index in [9.17, 15) is 20.1 Å². The summed E-state index contributed by atoms with van der Waals surface area (Å²) < 4.78 is 0. The van der Waals surface area contributed by atoms with Crippen molar-refractivity contribution in [2.45, 2.75) is 327 Å². The van der Waals surface area contributed by atoms with E-state index in [0.29, 0.717) is 12.8 Å². The Balaban J connectivity index is 3.47. The third-order valence-corrected chi connectivity index (χ3v) is 13.6. The number of carbonyl (C=O) groups is 1. The Bertz CT molecular complexity index is 1070. The van der Waals surface area contributed by atoms with E-state index in [1.54, 1.807) is 0 Å². The van der Waals surface area contributed by atoms with E-state index in [2.05, 4.69) is 67.8 Å². The van der Waals surface area contributed by atoms with Crippen LogP contribution in [0.2, 0.25) is 0 Å². The standard InChI is InChI=1S/C61H115NO4/c1-3-5-7-9-11-13-15-17-18-19-20-21-22-23-24-25-26-27-28-29-30-31-32-33-34-35-36-37-38-39-40-41-42-44-46-48-50-52-54-56-60(65)62-58(57-63)61(66)59(64)55-53-51-49-47-45-43-16-14-12-10-8-6-4-2/h14,16,26-27,29-30,47,49,58-59,61,63-64,66H,3-13,15,17-25,28,31-46,48,50-57H2,1-2H3,(H,62,65)/b16-14+,27-26-,30-29-,49-47+. The molecule has 0 fully saturated rings. The second-order valence-electron chi connectivity index (χ2n) is 20.2. The lowest BCUT2D eigenvalue weighted by Gasteiger charge is -2.26. The fourth-order valence-electron chi connectivity index (χ4n) is 9.09. The van der Waals surface area contributed by atoms with Gasteiger partial charge >= 0.3 is 0 Å². The molecule has 0 bridgehead atoms. The van der Waals surface area contributed by atoms with Crippen LogP contribution in [0.1, 0.15) is 309 Å². The summed E-state index contributed by atoms with van der Waals surface area (Å²) in [5, 5.41) is 33.6. The van der Waals surface area contributed by atoms with E-state index >= 15 is 0 Å². The van der Waals surface area contributed by atoms with Crippen LogP contribution in [0.15, 0.2) is 48.6 Å². The lowest BCUT2D eigenvalue weighted by molar-refractivity contribution is -0.124. The van der Waals surface area contributed by atoms with Crippen molar-refractivity contribution < 1.29 is 20.1 Å². The van der Waals surface area contributed by atoms with Crippen molar-refractivity contribution >= 4 is 5.91 Å². The molecule has 0 rings (SSSR count). The quantitative estimate of drug-likeness (QED) is 0.0361. The summed E-state index contributed by atoms with van der Waals surface area (Å²) in [5.74, 6) is -0.157. The minimum Gasteiger partial charge on any atom is -0.394 e. The predicted molar refractivity (Wildman–Crippen MR) is 291 cm³/mol. The maximum atomic E-state index is 12.5. The first-order chi connectivity index (χ1) is 32.6. The highest BCUT2D eigenvalue weighted by Crippen LogP contribution is 2.17. The Morgan fingerprint density at radius 2 is 0.667 bits per heavy atom. The number of rotatable bonds is 54. The fourth-order valence-corrected chi connectivity index (χ4v) is 9.09. The lowest BCUT2D eigenvalue weighted by atomic mass is 10.0. The van der Waals surface area contributed by atoms with E-state index in [1.165, 1.54) is 231 Å². The van der Waals surface area contributed by atoms with Gasteiger partial charge in [0.05, 0.1) is 18.8 Å². The number of hydrogen-bond acceptors (Lipinski definition) is 4. The average molecular weight is 927 g/mol. The van der Waals surface area contributed by atoms with Gasteiger partial charge in [-0.15, -0.1) is 0 Å². The van der Waals surface area contributed by atoms with Crippen molar-refractivity contribution in [2.75, 3.05) is 6.61 Å². The second-order valence-corrected chi connectivity index (χ2v) is 20.2. The summed E-state index contributed by atoms with van der Waals surface area (Å²) >= 11 is 0. The highest BCUT2D eigenvalue weighted by molar-refractivity contribution is 5.76. The monoisotopic (exact) mass is 926 g/mol. The molecule has 5 heteroatoms. The molecular formula is C61H115NO4. The average Bonchev–Trinajstić information content (AvgIpc) is 3.32. The molecular weight excluding hydrogens is 811 g/mol. The number of unbranched alkanes of at least 4 members (excludes halogenated alkanes) is 38. The van der Waals surface area contributed by atoms with Gasteiger partial charge in [0.2, 0.25) is 5.91 Å². The molecule has 0 aliphatic carbocycles. The maximum absolute atomic E-state index is 12.5. The summed E-state index contributed by atoms with van der Waals surface area (Å²) in [6.07, 6.45) is 74.4. The third kappa shape index (κ3) is 50.2. The molecule has 0 aromatic heterocycles. The molecule has 0 heterocycles. The zero-order valence-electron chi connectivity index (χ0n) is 44.3. The van der Waals surface area contributed by atoms with Gasteiger partial charge in [0.1, 0.15) is 6.10 Å². The van der Waals surface area contributed by atoms with Gasteiger partial charge in [-0.25, -0.2) is 0 Å². The molecule has 0 saturated heterocycles. The zero-order valence-corrected chi connectivity index (χ0v) is 44.3. The molecule has 0 aliphatic heterocycles. The highest BCUT2D eigenvalue weighted by Gasteiger charge is 2.26. The van der Waals surface area contributed by atoms with Gasteiger partial charge in [-0.1, -0.05) is 268 Å². The molecule has 5 nitrogen and oxygen atoms in total. The third-order valence-electron chi connectivity index (χ3n) is 13.6. The topological polar surface area (TPSA) is 89.8 Å². The smallest absolute Gasteiger partial charge is 0.220 e. The lowest BCUT2D eigenvalue weighted by Crippen LogP contribution is -2.50. The van der Waals surface area contributed by atoms with Crippen LogP contribution < -0.4 is 5.32 Å². The van der Waals surface area contributed by atoms with Crippen molar-refractivity contribution in [3.05, 3.63) is 48.6 Å². The van der Waals surface area contributed by atoms with Crippen molar-refractivity contribution in [1.82, 2.24) is 5.32 Å². The van der Waals surface area contributed by atoms with Gasteiger partial charge in [0.15, 0.2) is 0 Å². The fraction of sp³-hybridized carbons (Fsp3) is 0.852. The van der Waals surface area contributed by atoms with Gasteiger partial charge in [-0.05, 0) is 83.5 Å². The number of allylic oxidation sites excluding steroid dienone is 8. The normalized spacial score (nSPS) is 13.6. The van der Waals surface area contributed by atoms with E-state index < -0.39 is 18.2 Å². The van der Waals surface area contributed by atoms with Crippen molar-refractivity contribution in [3.63, 3.8) is 0 Å². The van der Waals surface area contributed by atoms with Crippen LogP contribution in [0.3, 0.4) is 0 Å². The first kappa shape index (κ1) is 64.3. The molecule has 0 aromatic carbocycles. The minimum absolute atomic E-state index is 0.157. The van der Waals surface area contributed by atoms with E-state index in [1.807, 2.05) is 0 Å². The summed E-state index contributed by atoms with van der Waals surface area (Å²) in [4.78, 5) is 12.5. The van der Waals surface area contributed by atoms with Crippen molar-refractivity contribution in [2.24, 2.45) is 0 Å².